The van der Waals surface area contributed by atoms with E-state index in [-0.39, 0.29) is 36.5 Å². The first-order valence-electron chi connectivity index (χ1n) is 25.7. The highest BCUT2D eigenvalue weighted by Crippen LogP contribution is 2.45. The molecule has 3 aliphatic heterocycles. The molecule has 412 valence electrons. The van der Waals surface area contributed by atoms with Gasteiger partial charge in [0.15, 0.2) is 6.29 Å². The van der Waals surface area contributed by atoms with Crippen molar-refractivity contribution in [2.45, 2.75) is 203 Å². The van der Waals surface area contributed by atoms with Crippen molar-refractivity contribution in [1.82, 2.24) is 29.5 Å². The van der Waals surface area contributed by atoms with Crippen molar-refractivity contribution in [3.8, 4) is 0 Å². The zero-order valence-corrected chi connectivity index (χ0v) is 45.8. The number of esters is 1. The maximum absolute atomic E-state index is 14.6. The molecule has 19 nitrogen and oxygen atoms in total. The van der Waals surface area contributed by atoms with Crippen LogP contribution >= 0.6 is 0 Å². The molecule has 19 atom stereocenters. The molecule has 3 fully saturated rings. The zero-order chi connectivity index (χ0) is 53.8. The molecule has 0 radical (unpaired) electrons. The number of aliphatic hydroxyl groups is 5. The van der Waals surface area contributed by atoms with Gasteiger partial charge in [-0.3, -0.25) is 4.79 Å². The molecular formula is C51H87FN6O13S. The normalized spacial score (nSPS) is 39.8. The van der Waals surface area contributed by atoms with Gasteiger partial charge in [0.05, 0.1) is 58.2 Å². The Morgan fingerprint density at radius 3 is 2.26 bits per heavy atom. The van der Waals surface area contributed by atoms with Crippen molar-refractivity contribution >= 4 is 16.0 Å². The standard InChI is InChI=1S/C51H87FN6O13S/c1-15-41-51(10,64)44(60)33(6)57(13)27-29(2)24-49(8,63)46(31(4)42(32(5)47(62)70-41)40-25-50(9,67-14)45(61)34(7)69-40)71-48-43(59)39(22-30(3)68-48)56(12)21-20-36-28-58(55-54-36)37(26-52)23-35-16-18-38(19-17-35)72(65,66)53-11/h16-19,28-34,37,39-46,48,53,59-61,63-64H,15,20-27H2,1-14H3/t29-,30-,31+,32-,33-,34+,37+,39+,40?,41-,42+,43-,44-,45+,46-,48+,49-,50-,51-/m1/s1. The number of alkyl halides is 1. The Labute approximate surface area is 427 Å². The van der Waals surface area contributed by atoms with Gasteiger partial charge in [0.25, 0.3) is 0 Å². The topological polar surface area (TPSA) is 248 Å². The van der Waals surface area contributed by atoms with Crippen LogP contribution in [0.4, 0.5) is 4.39 Å². The van der Waals surface area contributed by atoms with E-state index in [4.69, 9.17) is 23.7 Å². The predicted octanol–water partition coefficient (Wildman–Crippen LogP) is 3.04. The second kappa shape index (κ2) is 24.5. The average molecular weight is 1040 g/mol. The SMILES string of the molecule is CC[C@H]1OC(=O)[C@H](C)[C@@H](C2C[C@@](C)(OC)[C@@H](O)[C@H](C)O2)[C@H](C)[C@@H](O[C@@H]2O[C@H](C)C[C@H](N(C)CCc3cn([C@H](CF)Cc4ccc(S(=O)(=O)NC)cc4)nn3)[C@H]2O)[C@](C)(O)C[C@@H](C)CN(C)[C@H](C)[C@@H](O)[C@]1(C)O. The van der Waals surface area contributed by atoms with Crippen molar-refractivity contribution in [3.63, 3.8) is 0 Å². The van der Waals surface area contributed by atoms with Crippen LogP contribution in [0, 0.1) is 23.7 Å². The molecule has 2 aromatic rings. The Bertz CT molecular complexity index is 2160. The number of hydrogen-bond acceptors (Lipinski definition) is 17. The number of aromatic nitrogens is 3. The van der Waals surface area contributed by atoms with E-state index >= 15 is 0 Å². The number of carbonyl (C=O) groups excluding carboxylic acids is 1. The zero-order valence-electron chi connectivity index (χ0n) is 45.0. The summed E-state index contributed by atoms with van der Waals surface area (Å²) in [5, 5.41) is 68.6. The van der Waals surface area contributed by atoms with E-state index in [0.717, 1.165) is 5.56 Å². The Balaban J connectivity index is 1.43. The molecule has 72 heavy (non-hydrogen) atoms. The molecule has 0 saturated carbocycles. The monoisotopic (exact) mass is 1040 g/mol. The lowest BCUT2D eigenvalue weighted by atomic mass is 9.68. The van der Waals surface area contributed by atoms with E-state index < -0.39 is 130 Å². The molecule has 1 aromatic heterocycles. The Kier molecular flexibility index (Phi) is 20.4. The Morgan fingerprint density at radius 1 is 1.01 bits per heavy atom. The molecule has 0 bridgehead atoms. The summed E-state index contributed by atoms with van der Waals surface area (Å²) in [6.45, 7) is 17.8. The highest BCUT2D eigenvalue weighted by atomic mass is 32.2. The van der Waals surface area contributed by atoms with Gasteiger partial charge in [0.2, 0.25) is 10.0 Å². The first-order chi connectivity index (χ1) is 33.5. The molecule has 21 heteroatoms. The van der Waals surface area contributed by atoms with Crippen molar-refractivity contribution in [3.05, 3.63) is 41.7 Å². The fraction of sp³-hybridized carbons (Fsp3) is 0.824. The minimum absolute atomic E-state index is 0.106. The molecule has 6 N–H and O–H groups in total. The van der Waals surface area contributed by atoms with Crippen LogP contribution in [0.15, 0.2) is 35.4 Å². The van der Waals surface area contributed by atoms with Gasteiger partial charge >= 0.3 is 5.97 Å². The van der Waals surface area contributed by atoms with Crippen LogP contribution in [0.3, 0.4) is 0 Å². The molecule has 3 saturated heterocycles. The first-order valence-corrected chi connectivity index (χ1v) is 27.1. The van der Waals surface area contributed by atoms with Crippen LogP contribution in [0.1, 0.15) is 112 Å². The van der Waals surface area contributed by atoms with Crippen LogP contribution < -0.4 is 4.72 Å². The molecule has 0 spiro atoms. The summed E-state index contributed by atoms with van der Waals surface area (Å²) in [4.78, 5) is 18.6. The van der Waals surface area contributed by atoms with Crippen molar-refractivity contribution < 1.29 is 66.8 Å². The number of rotatable bonds is 15. The number of aliphatic hydroxyl groups excluding tert-OH is 3. The van der Waals surface area contributed by atoms with Gasteiger partial charge in [-0.15, -0.1) is 5.10 Å². The molecule has 3 aliphatic rings. The van der Waals surface area contributed by atoms with Gasteiger partial charge < -0.3 is 59.0 Å². The summed E-state index contributed by atoms with van der Waals surface area (Å²) in [5.41, 5.74) is -3.21. The summed E-state index contributed by atoms with van der Waals surface area (Å²) in [6.07, 6.45) is -5.49. The van der Waals surface area contributed by atoms with Crippen LogP contribution in [-0.4, -0.2) is 197 Å². The number of likely N-dealkylation sites (N-methyl/N-ethyl adjacent to an activating group) is 2. The number of sulfonamides is 1. The predicted molar refractivity (Wildman–Crippen MR) is 267 cm³/mol. The van der Waals surface area contributed by atoms with Crippen LogP contribution in [0.25, 0.3) is 0 Å². The van der Waals surface area contributed by atoms with E-state index in [1.165, 1.54) is 37.9 Å². The van der Waals surface area contributed by atoms with E-state index in [1.54, 1.807) is 59.9 Å². The quantitative estimate of drug-likeness (QED) is 0.140. The van der Waals surface area contributed by atoms with Crippen LogP contribution in [0.5, 0.6) is 0 Å². The summed E-state index contributed by atoms with van der Waals surface area (Å²) in [5.74, 6) is -3.30. The van der Waals surface area contributed by atoms with Crippen molar-refractivity contribution in [1.29, 1.82) is 0 Å². The van der Waals surface area contributed by atoms with Gasteiger partial charge in [-0.1, -0.05) is 45.0 Å². The maximum Gasteiger partial charge on any atom is 0.309 e. The number of cyclic esters (lactones) is 1. The number of carbonyl (C=O) groups is 1. The molecule has 1 aromatic carbocycles. The fourth-order valence-electron chi connectivity index (χ4n) is 11.7. The minimum atomic E-state index is -3.62. The molecule has 0 aliphatic carbocycles. The lowest BCUT2D eigenvalue weighted by molar-refractivity contribution is -0.302. The maximum atomic E-state index is 14.6. The van der Waals surface area contributed by atoms with E-state index in [9.17, 15) is 43.1 Å². The number of nitrogens with zero attached hydrogens (tertiary/aromatic N) is 5. The van der Waals surface area contributed by atoms with Crippen molar-refractivity contribution in [2.75, 3.05) is 48.0 Å². The first kappa shape index (κ1) is 60.1. The van der Waals surface area contributed by atoms with Crippen molar-refractivity contribution in [2.24, 2.45) is 23.7 Å². The largest absolute Gasteiger partial charge is 0.459 e. The van der Waals surface area contributed by atoms with E-state index in [0.29, 0.717) is 31.6 Å². The van der Waals surface area contributed by atoms with Gasteiger partial charge in [-0.2, -0.15) is 0 Å². The lowest BCUT2D eigenvalue weighted by Crippen LogP contribution is -2.62. The molecule has 5 rings (SSSR count). The number of nitrogens with one attached hydrogen (secondary N) is 1. The third-order valence-electron chi connectivity index (χ3n) is 16.3. The minimum Gasteiger partial charge on any atom is -0.459 e. The molecule has 4 heterocycles. The highest BCUT2D eigenvalue weighted by Gasteiger charge is 2.55. The third-order valence-corrected chi connectivity index (χ3v) is 17.7. The second-order valence-corrected chi connectivity index (χ2v) is 24.0. The highest BCUT2D eigenvalue weighted by molar-refractivity contribution is 7.89. The Hall–Kier alpha value is -2.77. The molecule has 0 amide bonds. The van der Waals surface area contributed by atoms with E-state index in [2.05, 4.69) is 15.0 Å². The average Bonchev–Trinajstić information content (AvgIpc) is 3.81. The fourth-order valence-corrected chi connectivity index (χ4v) is 12.4. The van der Waals surface area contributed by atoms with Gasteiger partial charge in [-0.05, 0) is 118 Å². The molecular weight excluding hydrogens is 956 g/mol. The smallest absolute Gasteiger partial charge is 0.309 e. The summed E-state index contributed by atoms with van der Waals surface area (Å²) in [7, 11) is 2.94. The summed E-state index contributed by atoms with van der Waals surface area (Å²) >= 11 is 0. The Morgan fingerprint density at radius 2 is 1.67 bits per heavy atom. The number of benzene rings is 1. The van der Waals surface area contributed by atoms with Gasteiger partial charge in [0, 0.05) is 57.2 Å². The summed E-state index contributed by atoms with van der Waals surface area (Å²) < 4.78 is 74.7. The van der Waals surface area contributed by atoms with Crippen LogP contribution in [-0.2, 0) is 51.3 Å². The lowest BCUT2D eigenvalue weighted by Gasteiger charge is -2.51. The molecule has 1 unspecified atom stereocenters. The van der Waals surface area contributed by atoms with Crippen LogP contribution in [0.2, 0.25) is 0 Å². The summed E-state index contributed by atoms with van der Waals surface area (Å²) in [6, 6.07) is 4.50. The van der Waals surface area contributed by atoms with Gasteiger partial charge in [0.1, 0.15) is 36.7 Å². The number of methoxy groups -OCH3 is 1. The number of ether oxygens (including phenoxy) is 5. The second-order valence-electron chi connectivity index (χ2n) is 22.1. The third kappa shape index (κ3) is 13.6. The van der Waals surface area contributed by atoms with Gasteiger partial charge in [-0.25, -0.2) is 22.2 Å². The van der Waals surface area contributed by atoms with E-state index in [1.807, 2.05) is 44.7 Å². The number of hydrogen-bond donors (Lipinski definition) is 6. The number of halogens is 1.